The minimum Gasteiger partial charge on any atom is -0.465 e. The van der Waals surface area contributed by atoms with E-state index in [9.17, 15) is 4.79 Å². The molecule has 2 aromatic heterocycles. The van der Waals surface area contributed by atoms with Crippen LogP contribution in [-0.2, 0) is 30.6 Å². The number of anilines is 2. The lowest BCUT2D eigenvalue weighted by molar-refractivity contribution is -0.144. The summed E-state index contributed by atoms with van der Waals surface area (Å²) in [5, 5.41) is 6.04. The Hall–Kier alpha value is -2.83. The van der Waals surface area contributed by atoms with E-state index < -0.39 is 18.7 Å². The molecule has 14 heteroatoms. The Balaban J connectivity index is 1.48. The van der Waals surface area contributed by atoms with Crippen molar-refractivity contribution in [3.05, 3.63) is 36.7 Å². The third-order valence-corrected chi connectivity index (χ3v) is 8.29. The van der Waals surface area contributed by atoms with Crippen LogP contribution in [0.4, 0.5) is 11.8 Å². The second-order valence-corrected chi connectivity index (χ2v) is 11.8. The molecule has 0 aliphatic carbocycles. The molecule has 4 rings (SSSR count). The van der Waals surface area contributed by atoms with Gasteiger partial charge < -0.3 is 29.6 Å². The number of nitrogens with zero attached hydrogens (tertiary/aromatic N) is 4. The number of nitrogens with one attached hydrogen (secondary N) is 2. The number of fused-ring (bicyclic) bond motifs is 1. The molecular weight excluding hydrogens is 517 g/mol. The molecule has 0 amide bonds. The molecule has 1 fully saturated rings. The van der Waals surface area contributed by atoms with Crippen molar-refractivity contribution in [1.29, 1.82) is 0 Å². The molecule has 4 N–H and O–H groups in total. The van der Waals surface area contributed by atoms with Gasteiger partial charge in [0, 0.05) is 13.0 Å². The Morgan fingerprint density at radius 1 is 1.35 bits per heavy atom. The molecular formula is C23H32N7O5PS. The average Bonchev–Trinajstić information content (AvgIpc) is 3.45. The van der Waals surface area contributed by atoms with Crippen LogP contribution >= 0.6 is 6.64 Å². The Bertz CT molecular complexity index is 1280. The van der Waals surface area contributed by atoms with Crippen LogP contribution in [0.5, 0.6) is 5.75 Å². The first kappa shape index (κ1) is 27.2. The maximum absolute atomic E-state index is 12.2. The summed E-state index contributed by atoms with van der Waals surface area (Å²) in [6.45, 7) is 2.77. The van der Waals surface area contributed by atoms with E-state index in [0.717, 1.165) is 0 Å². The highest BCUT2D eigenvalue weighted by Crippen LogP contribution is 2.47. The Labute approximate surface area is 220 Å². The largest absolute Gasteiger partial charge is 0.465 e. The van der Waals surface area contributed by atoms with Crippen LogP contribution in [-0.4, -0.2) is 57.9 Å². The summed E-state index contributed by atoms with van der Waals surface area (Å²) in [5.74, 6) is 0.920. The van der Waals surface area contributed by atoms with Crippen molar-refractivity contribution in [3.63, 3.8) is 0 Å². The Morgan fingerprint density at radius 2 is 2.11 bits per heavy atom. The zero-order valence-corrected chi connectivity index (χ0v) is 22.9. The molecule has 3 aromatic rings. The van der Waals surface area contributed by atoms with Gasteiger partial charge in [-0.2, -0.15) is 9.97 Å². The summed E-state index contributed by atoms with van der Waals surface area (Å²) >= 11 is 5.78. The van der Waals surface area contributed by atoms with Crippen LogP contribution in [0, 0.1) is 5.92 Å². The van der Waals surface area contributed by atoms with Crippen LogP contribution in [0.1, 0.15) is 33.4 Å². The number of benzene rings is 1. The SMILES string of the molecule is CCOC(=O)[C@@H](C)NP(=S)(OC[C@@H]1C[C@H](C)[C@H](n2cnc3c(NC)nc(N)nc32)O1)Oc1ccccc1. The molecule has 0 bridgehead atoms. The molecule has 1 saturated heterocycles. The van der Waals surface area contributed by atoms with E-state index >= 15 is 0 Å². The maximum atomic E-state index is 12.2. The molecule has 37 heavy (non-hydrogen) atoms. The van der Waals surface area contributed by atoms with Crippen LogP contribution in [0.15, 0.2) is 36.7 Å². The first-order chi connectivity index (χ1) is 17.7. The summed E-state index contributed by atoms with van der Waals surface area (Å²) in [6, 6.07) is 8.39. The van der Waals surface area contributed by atoms with Gasteiger partial charge in [-0.15, -0.1) is 0 Å². The third kappa shape index (κ3) is 6.36. The summed E-state index contributed by atoms with van der Waals surface area (Å²) in [4.78, 5) is 25.3. The highest BCUT2D eigenvalue weighted by atomic mass is 32.5. The lowest BCUT2D eigenvalue weighted by Crippen LogP contribution is -2.35. The quantitative estimate of drug-likeness (QED) is 0.238. The fourth-order valence-electron chi connectivity index (χ4n) is 4.11. The molecule has 1 aliphatic heterocycles. The lowest BCUT2D eigenvalue weighted by atomic mass is 10.1. The highest BCUT2D eigenvalue weighted by molar-refractivity contribution is 8.09. The van der Waals surface area contributed by atoms with Crippen LogP contribution < -0.4 is 20.7 Å². The van der Waals surface area contributed by atoms with E-state index in [2.05, 4.69) is 32.3 Å². The van der Waals surface area contributed by atoms with Crippen molar-refractivity contribution in [1.82, 2.24) is 24.6 Å². The van der Waals surface area contributed by atoms with E-state index in [0.29, 0.717) is 29.2 Å². The number of carbonyl (C=O) groups is 1. The monoisotopic (exact) mass is 549 g/mol. The maximum Gasteiger partial charge on any atom is 0.323 e. The lowest BCUT2D eigenvalue weighted by Gasteiger charge is -2.27. The molecule has 3 heterocycles. The predicted octanol–water partition coefficient (Wildman–Crippen LogP) is 3.24. The number of imidazole rings is 1. The molecule has 200 valence electrons. The Kier molecular flexibility index (Phi) is 8.60. The van der Waals surface area contributed by atoms with Crippen molar-refractivity contribution in [2.24, 2.45) is 5.92 Å². The fourth-order valence-corrected chi connectivity index (χ4v) is 6.54. The van der Waals surface area contributed by atoms with E-state index in [1.54, 1.807) is 39.4 Å². The molecule has 0 saturated carbocycles. The van der Waals surface area contributed by atoms with Gasteiger partial charge in [0.1, 0.15) is 18.0 Å². The highest BCUT2D eigenvalue weighted by Gasteiger charge is 2.37. The van der Waals surface area contributed by atoms with E-state index in [-0.39, 0.29) is 37.4 Å². The summed E-state index contributed by atoms with van der Waals surface area (Å²) < 4.78 is 25.5. The van der Waals surface area contributed by atoms with Crippen LogP contribution in [0.2, 0.25) is 0 Å². The van der Waals surface area contributed by atoms with Gasteiger partial charge in [0.25, 0.3) is 0 Å². The number of nitrogen functional groups attached to an aromatic ring is 1. The van der Waals surface area contributed by atoms with E-state index in [1.165, 1.54) is 0 Å². The van der Waals surface area contributed by atoms with Crippen molar-refractivity contribution < 1.29 is 23.3 Å². The van der Waals surface area contributed by atoms with Crippen molar-refractivity contribution in [2.45, 2.75) is 45.6 Å². The third-order valence-electron chi connectivity index (χ3n) is 5.79. The van der Waals surface area contributed by atoms with E-state index in [1.807, 2.05) is 22.8 Å². The van der Waals surface area contributed by atoms with Gasteiger partial charge in [-0.1, -0.05) is 25.1 Å². The molecule has 12 nitrogen and oxygen atoms in total. The van der Waals surface area contributed by atoms with Crippen molar-refractivity contribution in [3.8, 4) is 5.75 Å². The molecule has 1 unspecified atom stereocenters. The topological polar surface area (TPSA) is 148 Å². The smallest absolute Gasteiger partial charge is 0.323 e. The molecule has 1 aromatic carbocycles. The standard InChI is InChI=1S/C23H32N7O5PS/c1-5-32-22(31)15(3)29-36(37,35-16-9-7-6-8-10-16)33-12-17-11-14(2)21(34-17)30-13-26-18-19(25-4)27-23(24)28-20(18)30/h6-10,13-15,17,21H,5,11-12H2,1-4H3,(H,29,37)(H3,24,25,27,28)/t14-,15+,17-,21+,36?/m0/s1. The average molecular weight is 550 g/mol. The number of ether oxygens (including phenoxy) is 2. The molecule has 5 atom stereocenters. The molecule has 0 spiro atoms. The van der Waals surface area contributed by atoms with Crippen molar-refractivity contribution >= 4 is 47.3 Å². The fraction of sp³-hybridized carbons (Fsp3) is 0.478. The minimum atomic E-state index is -3.15. The zero-order chi connectivity index (χ0) is 26.6. The zero-order valence-electron chi connectivity index (χ0n) is 21.2. The van der Waals surface area contributed by atoms with Crippen molar-refractivity contribution in [2.75, 3.05) is 31.3 Å². The number of carbonyl (C=O) groups excluding carboxylic acids is 1. The number of hydrogen-bond donors (Lipinski definition) is 3. The van der Waals surface area contributed by atoms with Gasteiger partial charge in [0.15, 0.2) is 17.0 Å². The van der Waals surface area contributed by atoms with Crippen LogP contribution in [0.25, 0.3) is 11.2 Å². The van der Waals surface area contributed by atoms with Gasteiger partial charge in [0.2, 0.25) is 5.95 Å². The van der Waals surface area contributed by atoms with E-state index in [4.69, 9.17) is 36.1 Å². The minimum absolute atomic E-state index is 0.125. The summed E-state index contributed by atoms with van der Waals surface area (Å²) in [6.07, 6.45) is 1.77. The number of para-hydroxylation sites is 1. The predicted molar refractivity (Wildman–Crippen MR) is 144 cm³/mol. The van der Waals surface area contributed by atoms with Gasteiger partial charge >= 0.3 is 12.6 Å². The number of aromatic nitrogens is 4. The molecule has 1 aliphatic rings. The Morgan fingerprint density at radius 3 is 2.81 bits per heavy atom. The first-order valence-electron chi connectivity index (χ1n) is 12.0. The van der Waals surface area contributed by atoms with Crippen LogP contribution in [0.3, 0.4) is 0 Å². The molecule has 0 radical (unpaired) electrons. The van der Waals surface area contributed by atoms with Gasteiger partial charge in [0.05, 0.1) is 25.6 Å². The van der Waals surface area contributed by atoms with Gasteiger partial charge in [-0.3, -0.25) is 9.36 Å². The number of rotatable bonds is 11. The summed E-state index contributed by atoms with van der Waals surface area (Å²) in [7, 11) is 1.75. The second-order valence-electron chi connectivity index (χ2n) is 8.67. The van der Waals surface area contributed by atoms with Gasteiger partial charge in [-0.05, 0) is 44.2 Å². The normalized spacial score (nSPS) is 21.9. The summed E-state index contributed by atoms with van der Waals surface area (Å²) in [5.41, 5.74) is 7.09. The first-order valence-corrected chi connectivity index (χ1v) is 14.6. The second kappa shape index (κ2) is 11.7. The number of hydrogen-bond acceptors (Lipinski definition) is 11. The number of nitrogens with two attached hydrogens (primary N) is 1. The number of esters is 1. The van der Waals surface area contributed by atoms with Gasteiger partial charge in [-0.25, -0.2) is 10.1 Å².